The molecule has 0 radical (unpaired) electrons. The van der Waals surface area contributed by atoms with E-state index in [-0.39, 0.29) is 0 Å². The van der Waals surface area contributed by atoms with E-state index in [9.17, 15) is 0 Å². The van der Waals surface area contributed by atoms with Gasteiger partial charge in [0.05, 0.1) is 19.3 Å². The molecule has 0 saturated carbocycles. The van der Waals surface area contributed by atoms with Crippen LogP contribution in [0.1, 0.15) is 0 Å². The number of nitrogens with one attached hydrogen (secondary N) is 1. The van der Waals surface area contributed by atoms with E-state index in [1.165, 1.54) is 0 Å². The summed E-state index contributed by atoms with van der Waals surface area (Å²) in [5, 5.41) is 3.24. The van der Waals surface area contributed by atoms with Crippen LogP contribution in [0.5, 0.6) is 0 Å². The number of hydrogen-bond acceptors (Lipinski definition) is 4. The first-order valence-electron chi connectivity index (χ1n) is 3.66. The van der Waals surface area contributed by atoms with Crippen molar-refractivity contribution in [3.05, 3.63) is 16.1 Å². The van der Waals surface area contributed by atoms with Crippen molar-refractivity contribution in [2.45, 2.75) is 6.04 Å². The fraction of sp³-hybridized carbons (Fsp3) is 0.429. The first-order chi connectivity index (χ1) is 5.84. The lowest BCUT2D eigenvalue weighted by molar-refractivity contribution is 0.0209. The van der Waals surface area contributed by atoms with Gasteiger partial charge in [0.2, 0.25) is 0 Å². The van der Waals surface area contributed by atoms with Gasteiger partial charge in [-0.1, -0.05) is 0 Å². The van der Waals surface area contributed by atoms with Crippen LogP contribution in [0.15, 0.2) is 12.4 Å². The summed E-state index contributed by atoms with van der Waals surface area (Å²) in [4.78, 5) is 8.07. The molecule has 1 aliphatic rings. The lowest BCUT2D eigenvalue weighted by Gasteiger charge is -2.27. The highest BCUT2D eigenvalue weighted by Crippen LogP contribution is 2.10. The summed E-state index contributed by atoms with van der Waals surface area (Å²) in [6.45, 7) is 1.56. The van der Waals surface area contributed by atoms with Crippen molar-refractivity contribution < 1.29 is 4.74 Å². The molecule has 1 aromatic heterocycles. The maximum atomic E-state index is 5.03. The van der Waals surface area contributed by atoms with E-state index in [4.69, 9.17) is 4.74 Å². The number of aromatic nitrogens is 2. The van der Waals surface area contributed by atoms with Crippen molar-refractivity contribution in [1.29, 1.82) is 0 Å². The summed E-state index contributed by atoms with van der Waals surface area (Å²) in [5.41, 5.74) is 0. The second-order valence-corrected chi connectivity index (χ2v) is 3.71. The molecule has 64 valence electrons. The second kappa shape index (κ2) is 3.53. The van der Waals surface area contributed by atoms with Gasteiger partial charge in [0.25, 0.3) is 0 Å². The van der Waals surface area contributed by atoms with Gasteiger partial charge in [0.1, 0.15) is 15.8 Å². The predicted molar refractivity (Wildman–Crippen MR) is 53.0 cm³/mol. The summed E-state index contributed by atoms with van der Waals surface area (Å²) >= 11 is 2.16. The molecule has 0 bridgehead atoms. The fourth-order valence-corrected chi connectivity index (χ4v) is 1.36. The topological polar surface area (TPSA) is 47.0 Å². The zero-order chi connectivity index (χ0) is 8.39. The first kappa shape index (κ1) is 8.18. The van der Waals surface area contributed by atoms with Gasteiger partial charge in [-0.25, -0.2) is 9.97 Å². The second-order valence-electron chi connectivity index (χ2n) is 2.60. The summed E-state index contributed by atoms with van der Waals surface area (Å²) < 4.78 is 5.98. The van der Waals surface area contributed by atoms with Gasteiger partial charge in [-0.15, -0.1) is 0 Å². The van der Waals surface area contributed by atoms with Crippen molar-refractivity contribution in [2.24, 2.45) is 0 Å². The molecule has 0 aromatic carbocycles. The van der Waals surface area contributed by atoms with E-state index in [1.807, 2.05) is 6.07 Å². The van der Waals surface area contributed by atoms with E-state index in [0.29, 0.717) is 6.04 Å². The Morgan fingerprint density at radius 2 is 2.33 bits per heavy atom. The highest BCUT2D eigenvalue weighted by molar-refractivity contribution is 14.1. The van der Waals surface area contributed by atoms with E-state index >= 15 is 0 Å². The highest BCUT2D eigenvalue weighted by Gasteiger charge is 2.17. The maximum Gasteiger partial charge on any atom is 0.130 e. The van der Waals surface area contributed by atoms with E-state index in [0.717, 1.165) is 22.7 Å². The molecule has 1 aromatic rings. The molecule has 0 amide bonds. The van der Waals surface area contributed by atoms with E-state index in [1.54, 1.807) is 6.33 Å². The molecular weight excluding hydrogens is 269 g/mol. The van der Waals surface area contributed by atoms with Gasteiger partial charge in [-0.2, -0.15) is 0 Å². The predicted octanol–water partition coefficient (Wildman–Crippen LogP) is 0.892. The smallest absolute Gasteiger partial charge is 0.130 e. The summed E-state index contributed by atoms with van der Waals surface area (Å²) in [7, 11) is 0. The minimum atomic E-state index is 0.427. The van der Waals surface area contributed by atoms with Crippen molar-refractivity contribution in [3.63, 3.8) is 0 Å². The van der Waals surface area contributed by atoms with Crippen molar-refractivity contribution >= 4 is 28.4 Å². The van der Waals surface area contributed by atoms with Crippen LogP contribution in [0.2, 0.25) is 0 Å². The van der Waals surface area contributed by atoms with Crippen LogP contribution in [0.4, 0.5) is 5.82 Å². The first-order valence-corrected chi connectivity index (χ1v) is 4.74. The Morgan fingerprint density at radius 3 is 2.92 bits per heavy atom. The van der Waals surface area contributed by atoms with Gasteiger partial charge in [0, 0.05) is 6.07 Å². The Labute approximate surface area is 83.9 Å². The van der Waals surface area contributed by atoms with Gasteiger partial charge >= 0.3 is 0 Å². The van der Waals surface area contributed by atoms with Crippen LogP contribution in [0.3, 0.4) is 0 Å². The third-order valence-corrected chi connectivity index (χ3v) is 2.21. The minimum absolute atomic E-state index is 0.427. The third-order valence-electron chi connectivity index (χ3n) is 1.62. The molecule has 1 aliphatic heterocycles. The summed E-state index contributed by atoms with van der Waals surface area (Å²) in [6, 6.07) is 2.34. The molecule has 4 nitrogen and oxygen atoms in total. The quantitative estimate of drug-likeness (QED) is 0.644. The van der Waals surface area contributed by atoms with Crippen LogP contribution < -0.4 is 5.32 Å². The highest BCUT2D eigenvalue weighted by atomic mass is 127. The van der Waals surface area contributed by atoms with Crippen LogP contribution in [-0.2, 0) is 4.74 Å². The van der Waals surface area contributed by atoms with Crippen LogP contribution >= 0.6 is 22.6 Å². The van der Waals surface area contributed by atoms with Crippen LogP contribution in [-0.4, -0.2) is 29.2 Å². The molecule has 2 rings (SSSR count). The number of hydrogen-bond donors (Lipinski definition) is 1. The lowest BCUT2D eigenvalue weighted by Crippen LogP contribution is -2.40. The number of anilines is 1. The summed E-state index contributed by atoms with van der Waals surface area (Å²) in [6.07, 6.45) is 1.56. The van der Waals surface area contributed by atoms with Gasteiger partial charge in [-0.05, 0) is 22.6 Å². The zero-order valence-electron chi connectivity index (χ0n) is 6.33. The molecule has 5 heteroatoms. The minimum Gasteiger partial charge on any atom is -0.377 e. The summed E-state index contributed by atoms with van der Waals surface area (Å²) in [5.74, 6) is 0.878. The Morgan fingerprint density at radius 1 is 1.50 bits per heavy atom. The monoisotopic (exact) mass is 277 g/mol. The van der Waals surface area contributed by atoms with E-state index in [2.05, 4.69) is 37.9 Å². The average Bonchev–Trinajstić information content (AvgIpc) is 1.97. The number of ether oxygens (including phenoxy) is 1. The molecule has 0 spiro atoms. The number of rotatable bonds is 2. The number of nitrogens with zero attached hydrogens (tertiary/aromatic N) is 2. The van der Waals surface area contributed by atoms with Gasteiger partial charge in [-0.3, -0.25) is 0 Å². The molecular formula is C7H8IN3O. The van der Waals surface area contributed by atoms with Crippen molar-refractivity contribution in [3.8, 4) is 0 Å². The van der Waals surface area contributed by atoms with E-state index < -0.39 is 0 Å². The molecule has 0 aliphatic carbocycles. The van der Waals surface area contributed by atoms with Crippen LogP contribution in [0.25, 0.3) is 0 Å². The normalized spacial score (nSPS) is 17.1. The Hall–Kier alpha value is -0.430. The molecule has 1 fully saturated rings. The standard InChI is InChI=1S/C7H8IN3O/c8-6-1-7(10-4-9-6)11-5-2-12-3-5/h1,4-5H,2-3H2,(H,9,10,11). The Balaban J connectivity index is 2.02. The molecule has 0 unspecified atom stereocenters. The van der Waals surface area contributed by atoms with Crippen molar-refractivity contribution in [2.75, 3.05) is 18.5 Å². The number of halogens is 1. The lowest BCUT2D eigenvalue weighted by atomic mass is 10.2. The maximum absolute atomic E-state index is 5.03. The Kier molecular flexibility index (Phi) is 2.40. The molecule has 0 atom stereocenters. The zero-order valence-corrected chi connectivity index (χ0v) is 8.48. The Bertz CT molecular complexity index is 277. The average molecular weight is 277 g/mol. The van der Waals surface area contributed by atoms with Crippen molar-refractivity contribution in [1.82, 2.24) is 9.97 Å². The van der Waals surface area contributed by atoms with Gasteiger partial charge < -0.3 is 10.1 Å². The van der Waals surface area contributed by atoms with Gasteiger partial charge in [0.15, 0.2) is 0 Å². The fourth-order valence-electron chi connectivity index (χ4n) is 0.941. The largest absolute Gasteiger partial charge is 0.377 e. The molecule has 12 heavy (non-hydrogen) atoms. The third kappa shape index (κ3) is 1.84. The molecule has 2 heterocycles. The SMILES string of the molecule is Ic1cc(NC2COC2)ncn1. The molecule has 1 saturated heterocycles. The molecule has 1 N–H and O–H groups in total. The van der Waals surface area contributed by atoms with Crippen LogP contribution in [0, 0.1) is 3.70 Å².